The van der Waals surface area contributed by atoms with E-state index in [2.05, 4.69) is 47.1 Å². The van der Waals surface area contributed by atoms with Crippen LogP contribution in [0, 0.1) is 0 Å². The van der Waals surface area contributed by atoms with Gasteiger partial charge in [0.15, 0.2) is 5.82 Å². The number of aromatic nitrogens is 2. The molecule has 0 saturated carbocycles. The number of nitrogens with zero attached hydrogens (tertiary/aromatic N) is 2. The molecule has 3 aromatic rings. The summed E-state index contributed by atoms with van der Waals surface area (Å²) in [5.74, 6) is 1.10. The van der Waals surface area contributed by atoms with Crippen LogP contribution in [-0.4, -0.2) is 28.8 Å². The van der Waals surface area contributed by atoms with E-state index in [0.29, 0.717) is 18.3 Å². The number of rotatable bonds is 4. The van der Waals surface area contributed by atoms with Crippen molar-refractivity contribution in [3.8, 4) is 0 Å². The molecule has 2 heterocycles. The highest BCUT2D eigenvalue weighted by atomic mass is 16.5. The summed E-state index contributed by atoms with van der Waals surface area (Å²) in [6, 6.07) is 16.9. The van der Waals surface area contributed by atoms with Crippen molar-refractivity contribution in [3.63, 3.8) is 0 Å². The second kappa shape index (κ2) is 7.40. The van der Waals surface area contributed by atoms with Crippen molar-refractivity contribution >= 4 is 22.8 Å². The third-order valence-corrected chi connectivity index (χ3v) is 5.30. The quantitative estimate of drug-likeness (QED) is 0.747. The number of carbonyl (C=O) groups excluding carboxylic acids is 1. The number of fused-ring (bicyclic) bond motifs is 3. The van der Waals surface area contributed by atoms with E-state index in [0.717, 1.165) is 36.5 Å². The van der Waals surface area contributed by atoms with Crippen molar-refractivity contribution in [1.82, 2.24) is 9.55 Å². The second-order valence-electron chi connectivity index (χ2n) is 6.95. The van der Waals surface area contributed by atoms with Crippen molar-refractivity contribution in [2.24, 2.45) is 0 Å². The minimum atomic E-state index is -0.437. The van der Waals surface area contributed by atoms with Crippen molar-refractivity contribution in [2.75, 3.05) is 18.5 Å². The molecule has 0 radical (unpaired) electrons. The summed E-state index contributed by atoms with van der Waals surface area (Å²) in [6.07, 6.45) is -0.437. The van der Waals surface area contributed by atoms with Gasteiger partial charge in [-0.1, -0.05) is 30.3 Å². The fourth-order valence-electron chi connectivity index (χ4n) is 3.82. The average Bonchev–Trinajstić information content (AvgIpc) is 3.05. The van der Waals surface area contributed by atoms with Crippen LogP contribution in [0.3, 0.4) is 0 Å². The van der Waals surface area contributed by atoms with Crippen molar-refractivity contribution < 1.29 is 14.4 Å². The molecule has 1 amide bonds. The van der Waals surface area contributed by atoms with E-state index >= 15 is 0 Å². The van der Waals surface area contributed by atoms with Gasteiger partial charge in [-0.2, -0.15) is 0 Å². The molecule has 6 heteroatoms. The molecule has 4 rings (SSSR count). The Hall–Kier alpha value is -2.86. The normalized spacial score (nSPS) is 17.3. The van der Waals surface area contributed by atoms with Gasteiger partial charge in [0, 0.05) is 11.3 Å². The number of carbonyl (C=O) groups is 1. The molecule has 1 unspecified atom stereocenters. The van der Waals surface area contributed by atoms with Crippen molar-refractivity contribution in [2.45, 2.75) is 33.0 Å². The molecule has 1 aliphatic heterocycles. The number of amides is 1. The lowest BCUT2D eigenvalue weighted by Crippen LogP contribution is -3.12. The number of quaternary nitrogens is 1. The molecule has 0 bridgehead atoms. The van der Waals surface area contributed by atoms with Gasteiger partial charge in [0.1, 0.15) is 12.6 Å². The average molecular weight is 365 g/mol. The minimum Gasteiger partial charge on any atom is -0.450 e. The first-order valence-corrected chi connectivity index (χ1v) is 9.48. The van der Waals surface area contributed by atoms with Crippen LogP contribution in [0.2, 0.25) is 0 Å². The molecule has 0 saturated heterocycles. The maximum Gasteiger partial charge on any atom is 0.411 e. The van der Waals surface area contributed by atoms with Gasteiger partial charge in [-0.25, -0.2) is 9.78 Å². The first-order chi connectivity index (χ1) is 13.2. The van der Waals surface area contributed by atoms with Crippen LogP contribution in [0.5, 0.6) is 0 Å². The molecule has 140 valence electrons. The number of hydrogen-bond acceptors (Lipinski definition) is 3. The second-order valence-corrected chi connectivity index (χ2v) is 6.95. The molecule has 1 aromatic heterocycles. The zero-order valence-corrected chi connectivity index (χ0v) is 15.7. The summed E-state index contributed by atoms with van der Waals surface area (Å²) in [5, 5.41) is 2.75. The van der Waals surface area contributed by atoms with Crippen LogP contribution in [0.4, 0.5) is 10.5 Å². The summed E-state index contributed by atoms with van der Waals surface area (Å²) in [7, 11) is 0. The fourth-order valence-corrected chi connectivity index (χ4v) is 3.82. The highest BCUT2D eigenvalue weighted by molar-refractivity contribution is 5.89. The Morgan fingerprint density at radius 3 is 2.89 bits per heavy atom. The SMILES string of the molecule is CCOC(=O)Nc1ccc2c(c1)nc1n2CC[NH+]([C@H](C)c2ccccc2)C1. The van der Waals surface area contributed by atoms with E-state index in [9.17, 15) is 4.79 Å². The molecule has 2 N–H and O–H groups in total. The topological polar surface area (TPSA) is 60.6 Å². The number of benzene rings is 2. The third kappa shape index (κ3) is 3.53. The molecule has 0 aliphatic carbocycles. The molecule has 1 aliphatic rings. The predicted molar refractivity (Wildman–Crippen MR) is 105 cm³/mol. The maximum atomic E-state index is 11.6. The van der Waals surface area contributed by atoms with Gasteiger partial charge in [-0.3, -0.25) is 5.32 Å². The van der Waals surface area contributed by atoms with Crippen LogP contribution in [0.25, 0.3) is 11.0 Å². The summed E-state index contributed by atoms with van der Waals surface area (Å²) in [4.78, 5) is 18.0. The van der Waals surface area contributed by atoms with Gasteiger partial charge in [-0.15, -0.1) is 0 Å². The molecule has 27 heavy (non-hydrogen) atoms. The summed E-state index contributed by atoms with van der Waals surface area (Å²) in [6.45, 7) is 7.33. The van der Waals surface area contributed by atoms with E-state index in [-0.39, 0.29) is 0 Å². The lowest BCUT2D eigenvalue weighted by atomic mass is 10.1. The molecule has 6 nitrogen and oxygen atoms in total. The number of anilines is 1. The minimum absolute atomic E-state index is 0.352. The molecule has 2 atom stereocenters. The number of hydrogen-bond donors (Lipinski definition) is 2. The van der Waals surface area contributed by atoms with Crippen LogP contribution in [0.15, 0.2) is 48.5 Å². The van der Waals surface area contributed by atoms with Gasteiger partial charge in [0.05, 0.1) is 30.7 Å². The van der Waals surface area contributed by atoms with Crippen LogP contribution < -0.4 is 10.2 Å². The van der Waals surface area contributed by atoms with Crippen LogP contribution in [-0.2, 0) is 17.8 Å². The Morgan fingerprint density at radius 2 is 2.11 bits per heavy atom. The zero-order valence-electron chi connectivity index (χ0n) is 15.7. The highest BCUT2D eigenvalue weighted by Gasteiger charge is 2.27. The zero-order chi connectivity index (χ0) is 18.8. The Bertz CT molecular complexity index is 951. The number of imidazole rings is 1. The van der Waals surface area contributed by atoms with E-state index in [4.69, 9.17) is 9.72 Å². The standard InChI is InChI=1S/C21H24N4O2/c1-3-27-21(26)22-17-9-10-19-18(13-17)23-20-14-24(11-12-25(19)20)15(2)16-7-5-4-6-8-16/h4-10,13,15H,3,11-12,14H2,1-2H3,(H,22,26)/p+1/t15-/m1/s1. The lowest BCUT2D eigenvalue weighted by Gasteiger charge is -2.30. The Labute approximate surface area is 158 Å². The summed E-state index contributed by atoms with van der Waals surface area (Å²) >= 11 is 0. The molecular formula is C21H25N4O2+. The maximum absolute atomic E-state index is 11.6. The smallest absolute Gasteiger partial charge is 0.411 e. The van der Waals surface area contributed by atoms with Gasteiger partial charge >= 0.3 is 6.09 Å². The first-order valence-electron chi connectivity index (χ1n) is 9.48. The van der Waals surface area contributed by atoms with Crippen LogP contribution >= 0.6 is 0 Å². The highest BCUT2D eigenvalue weighted by Crippen LogP contribution is 2.22. The molecule has 2 aromatic carbocycles. The monoisotopic (exact) mass is 365 g/mol. The Morgan fingerprint density at radius 1 is 1.30 bits per heavy atom. The van der Waals surface area contributed by atoms with Gasteiger partial charge in [-0.05, 0) is 32.0 Å². The Kier molecular flexibility index (Phi) is 4.81. The van der Waals surface area contributed by atoms with Crippen LogP contribution in [0.1, 0.15) is 31.3 Å². The molecule has 0 spiro atoms. The van der Waals surface area contributed by atoms with Gasteiger partial charge in [0.25, 0.3) is 0 Å². The fraction of sp³-hybridized carbons (Fsp3) is 0.333. The molecule has 0 fully saturated rings. The Balaban J connectivity index is 1.56. The molecular weight excluding hydrogens is 340 g/mol. The van der Waals surface area contributed by atoms with E-state index in [1.54, 1.807) is 6.92 Å². The number of ether oxygens (including phenoxy) is 1. The van der Waals surface area contributed by atoms with Crippen molar-refractivity contribution in [1.29, 1.82) is 0 Å². The third-order valence-electron chi connectivity index (χ3n) is 5.30. The van der Waals surface area contributed by atoms with Crippen molar-refractivity contribution in [3.05, 3.63) is 59.9 Å². The first kappa shape index (κ1) is 17.5. The van der Waals surface area contributed by atoms with E-state index < -0.39 is 6.09 Å². The van der Waals surface area contributed by atoms with E-state index in [1.165, 1.54) is 10.5 Å². The number of nitrogens with one attached hydrogen (secondary N) is 2. The van der Waals surface area contributed by atoms with Gasteiger partial charge < -0.3 is 14.2 Å². The van der Waals surface area contributed by atoms with E-state index in [1.807, 2.05) is 18.2 Å². The summed E-state index contributed by atoms with van der Waals surface area (Å²) < 4.78 is 7.24. The largest absolute Gasteiger partial charge is 0.450 e. The predicted octanol–water partition coefficient (Wildman–Crippen LogP) is 2.76. The lowest BCUT2D eigenvalue weighted by molar-refractivity contribution is -0.947. The van der Waals surface area contributed by atoms with Gasteiger partial charge in [0.2, 0.25) is 0 Å². The summed E-state index contributed by atoms with van der Waals surface area (Å²) in [5.41, 5.74) is 4.09.